The quantitative estimate of drug-likeness (QED) is 0.938. The third-order valence-corrected chi connectivity index (χ3v) is 4.42. The van der Waals surface area contributed by atoms with Crippen molar-refractivity contribution in [2.24, 2.45) is 5.14 Å². The Labute approximate surface area is 134 Å². The van der Waals surface area contributed by atoms with Crippen LogP contribution in [0.15, 0.2) is 59.8 Å². The van der Waals surface area contributed by atoms with Gasteiger partial charge >= 0.3 is 0 Å². The first-order chi connectivity index (χ1) is 11.0. The maximum absolute atomic E-state index is 11.3. The van der Waals surface area contributed by atoms with Crippen LogP contribution in [0.4, 0.5) is 0 Å². The van der Waals surface area contributed by atoms with Crippen molar-refractivity contribution in [3.05, 3.63) is 71.4 Å². The largest absolute Gasteiger partial charge is 0.255 e. The highest BCUT2D eigenvalue weighted by molar-refractivity contribution is 7.89. The first-order valence-electron chi connectivity index (χ1n) is 6.89. The van der Waals surface area contributed by atoms with Gasteiger partial charge < -0.3 is 0 Å². The molecule has 0 spiro atoms. The number of hydrogen-bond acceptors (Lipinski definition) is 4. The highest BCUT2D eigenvalue weighted by atomic mass is 32.2. The molecule has 23 heavy (non-hydrogen) atoms. The summed E-state index contributed by atoms with van der Waals surface area (Å²) < 4.78 is 22.5. The summed E-state index contributed by atoms with van der Waals surface area (Å²) in [5, 5.41) is 13.8. The van der Waals surface area contributed by atoms with E-state index in [1.54, 1.807) is 18.2 Å². The number of benzene rings is 1. The number of allylic oxidation sites excluding steroid dienone is 4. The lowest BCUT2D eigenvalue weighted by Crippen LogP contribution is -2.13. The van der Waals surface area contributed by atoms with Crippen LogP contribution in [0.2, 0.25) is 0 Å². The number of rotatable bonds is 3. The van der Waals surface area contributed by atoms with Crippen LogP contribution in [-0.4, -0.2) is 13.4 Å². The summed E-state index contributed by atoms with van der Waals surface area (Å²) in [6, 6.07) is 12.5. The molecule has 0 atom stereocenters. The maximum Gasteiger partial charge on any atom is 0.255 e. The van der Waals surface area contributed by atoms with Gasteiger partial charge in [-0.1, -0.05) is 24.3 Å². The molecule has 0 bridgehead atoms. The van der Waals surface area contributed by atoms with E-state index in [0.717, 1.165) is 28.7 Å². The summed E-state index contributed by atoms with van der Waals surface area (Å²) in [5.74, 6) is 0. The maximum atomic E-state index is 11.3. The number of aromatic nitrogens is 1. The normalized spacial score (nSPS) is 14.1. The molecule has 0 aliphatic heterocycles. The van der Waals surface area contributed by atoms with Gasteiger partial charge in [0.1, 0.15) is 0 Å². The Hall–Kier alpha value is -2.75. The zero-order valence-corrected chi connectivity index (χ0v) is 12.9. The van der Waals surface area contributed by atoms with Gasteiger partial charge in [0.15, 0.2) is 5.03 Å². The molecule has 2 aromatic rings. The summed E-state index contributed by atoms with van der Waals surface area (Å²) in [6.07, 6.45) is 6.45. The van der Waals surface area contributed by atoms with E-state index in [2.05, 4.69) is 23.2 Å². The van der Waals surface area contributed by atoms with Gasteiger partial charge in [-0.05, 0) is 47.4 Å². The fourth-order valence-corrected chi connectivity index (χ4v) is 2.95. The molecule has 0 radical (unpaired) electrons. The predicted molar refractivity (Wildman–Crippen MR) is 87.3 cm³/mol. The molecule has 5 nitrogen and oxygen atoms in total. The van der Waals surface area contributed by atoms with Crippen molar-refractivity contribution < 1.29 is 8.42 Å². The molecule has 1 heterocycles. The first-order valence-corrected chi connectivity index (χ1v) is 8.44. The molecule has 6 heteroatoms. The topological polar surface area (TPSA) is 96.8 Å². The SMILES string of the molecule is N#Cc1ccc(C2=CCC=C2c2ccc(S(N)(=O)=O)nc2)cc1. The van der Waals surface area contributed by atoms with E-state index in [-0.39, 0.29) is 5.03 Å². The van der Waals surface area contributed by atoms with Crippen LogP contribution >= 0.6 is 0 Å². The second-order valence-electron chi connectivity index (χ2n) is 5.09. The predicted octanol–water partition coefficient (Wildman–Crippen LogP) is 2.47. The second kappa shape index (κ2) is 5.80. The summed E-state index contributed by atoms with van der Waals surface area (Å²) >= 11 is 0. The van der Waals surface area contributed by atoms with E-state index in [1.165, 1.54) is 12.3 Å². The van der Waals surface area contributed by atoms with Crippen LogP contribution in [0.1, 0.15) is 23.1 Å². The Morgan fingerprint density at radius 3 is 2.13 bits per heavy atom. The number of sulfonamides is 1. The standard InChI is InChI=1S/C17H13N3O2S/c18-10-12-4-6-13(7-5-12)15-2-1-3-16(15)14-8-9-17(20-11-14)23(19,21)22/h2-9,11H,1H2,(H2,19,21,22). The fourth-order valence-electron chi connectivity index (χ4n) is 2.49. The summed E-state index contributed by atoms with van der Waals surface area (Å²) in [7, 11) is -3.79. The Bertz CT molecular complexity index is 948. The Morgan fingerprint density at radius 2 is 1.61 bits per heavy atom. The number of nitriles is 1. The van der Waals surface area contributed by atoms with E-state index in [9.17, 15) is 8.42 Å². The summed E-state index contributed by atoms with van der Waals surface area (Å²) in [4.78, 5) is 3.93. The molecule has 1 aromatic carbocycles. The van der Waals surface area contributed by atoms with Crippen molar-refractivity contribution in [3.8, 4) is 6.07 Å². The first kappa shape index (κ1) is 15.2. The van der Waals surface area contributed by atoms with Crippen LogP contribution in [0.25, 0.3) is 11.1 Å². The van der Waals surface area contributed by atoms with E-state index in [0.29, 0.717) is 5.56 Å². The van der Waals surface area contributed by atoms with Gasteiger partial charge in [-0.2, -0.15) is 5.26 Å². The summed E-state index contributed by atoms with van der Waals surface area (Å²) in [6.45, 7) is 0. The minimum absolute atomic E-state index is 0.149. The molecule has 1 aliphatic carbocycles. The minimum Gasteiger partial charge on any atom is -0.243 e. The third-order valence-electron chi connectivity index (χ3n) is 3.60. The Balaban J connectivity index is 1.94. The number of hydrogen-bond donors (Lipinski definition) is 1. The van der Waals surface area contributed by atoms with Crippen molar-refractivity contribution in [3.63, 3.8) is 0 Å². The van der Waals surface area contributed by atoms with Gasteiger partial charge in [0.25, 0.3) is 10.0 Å². The molecule has 3 rings (SSSR count). The summed E-state index contributed by atoms with van der Waals surface area (Å²) in [5.41, 5.74) is 4.47. The van der Waals surface area contributed by atoms with Crippen LogP contribution < -0.4 is 5.14 Å². The molecule has 0 amide bonds. The van der Waals surface area contributed by atoms with Crippen molar-refractivity contribution in [2.45, 2.75) is 11.4 Å². The molecule has 1 aliphatic rings. The molecule has 0 saturated heterocycles. The third kappa shape index (κ3) is 3.06. The van der Waals surface area contributed by atoms with Crippen molar-refractivity contribution in [1.82, 2.24) is 4.98 Å². The number of nitrogens with zero attached hydrogens (tertiary/aromatic N) is 2. The number of primary sulfonamides is 1. The average molecular weight is 323 g/mol. The van der Waals surface area contributed by atoms with Gasteiger partial charge in [-0.15, -0.1) is 0 Å². The van der Waals surface area contributed by atoms with Crippen molar-refractivity contribution >= 4 is 21.2 Å². The van der Waals surface area contributed by atoms with Gasteiger partial charge in [0, 0.05) is 11.8 Å². The lowest BCUT2D eigenvalue weighted by atomic mass is 9.95. The molecule has 0 saturated carbocycles. The van der Waals surface area contributed by atoms with E-state index < -0.39 is 10.0 Å². The fraction of sp³-hybridized carbons (Fsp3) is 0.0588. The molecule has 114 valence electrons. The van der Waals surface area contributed by atoms with Crippen LogP contribution in [0.3, 0.4) is 0 Å². The molecule has 1 aromatic heterocycles. The molecule has 0 unspecified atom stereocenters. The monoisotopic (exact) mass is 323 g/mol. The molecular formula is C17H13N3O2S. The smallest absolute Gasteiger partial charge is 0.243 e. The molecule has 0 fully saturated rings. The average Bonchev–Trinajstić information content (AvgIpc) is 3.04. The molecule has 2 N–H and O–H groups in total. The number of nitrogens with two attached hydrogens (primary N) is 1. The van der Waals surface area contributed by atoms with E-state index in [4.69, 9.17) is 10.4 Å². The van der Waals surface area contributed by atoms with E-state index in [1.807, 2.05) is 12.1 Å². The molecular weight excluding hydrogens is 310 g/mol. The minimum atomic E-state index is -3.79. The van der Waals surface area contributed by atoms with Gasteiger partial charge in [0.05, 0.1) is 11.6 Å². The van der Waals surface area contributed by atoms with Crippen molar-refractivity contribution in [1.29, 1.82) is 5.26 Å². The Kier molecular flexibility index (Phi) is 3.82. The highest BCUT2D eigenvalue weighted by Crippen LogP contribution is 2.36. The van der Waals surface area contributed by atoms with Crippen molar-refractivity contribution in [2.75, 3.05) is 0 Å². The zero-order chi connectivity index (χ0) is 16.4. The van der Waals surface area contributed by atoms with E-state index >= 15 is 0 Å². The van der Waals surface area contributed by atoms with Crippen LogP contribution in [-0.2, 0) is 10.0 Å². The Morgan fingerprint density at radius 1 is 1.00 bits per heavy atom. The lowest BCUT2D eigenvalue weighted by Gasteiger charge is -2.10. The second-order valence-corrected chi connectivity index (χ2v) is 6.60. The van der Waals surface area contributed by atoms with Crippen LogP contribution in [0, 0.1) is 11.3 Å². The van der Waals surface area contributed by atoms with Gasteiger partial charge in [-0.3, -0.25) is 0 Å². The lowest BCUT2D eigenvalue weighted by molar-refractivity contribution is 0.594. The highest BCUT2D eigenvalue weighted by Gasteiger charge is 2.16. The zero-order valence-electron chi connectivity index (χ0n) is 12.1. The van der Waals surface area contributed by atoms with Gasteiger partial charge in [-0.25, -0.2) is 18.5 Å². The van der Waals surface area contributed by atoms with Crippen LogP contribution in [0.5, 0.6) is 0 Å². The van der Waals surface area contributed by atoms with Gasteiger partial charge in [0.2, 0.25) is 0 Å². The number of pyridine rings is 1.